The molecule has 0 aliphatic carbocycles. The first kappa shape index (κ1) is 13.4. The number of carbonyl (C=O) groups is 1. The first-order valence-electron chi connectivity index (χ1n) is 5.30. The second kappa shape index (κ2) is 5.31. The number of benzene rings is 1. The molecule has 5 heteroatoms. The van der Waals surface area contributed by atoms with Crippen molar-refractivity contribution in [1.29, 1.82) is 0 Å². The van der Waals surface area contributed by atoms with Crippen molar-refractivity contribution >= 4 is 46.1 Å². The Morgan fingerprint density at radius 3 is 2.28 bits per heavy atom. The van der Waals surface area contributed by atoms with Gasteiger partial charge >= 0.3 is 0 Å². The molecule has 0 saturated carbocycles. The number of para-hydroxylation sites is 1. The number of amides is 1. The minimum atomic E-state index is -0.147. The Bertz CT molecular complexity index is 580. The quantitative estimate of drug-likeness (QED) is 0.791. The highest BCUT2D eigenvalue weighted by Gasteiger charge is 2.22. The highest BCUT2D eigenvalue weighted by molar-refractivity contribution is 7.15. The first-order valence-corrected chi connectivity index (χ1v) is 6.87. The van der Waals surface area contributed by atoms with Crippen LogP contribution in [0, 0.1) is 6.92 Å². The SMILES string of the molecule is Cc1sc(C(=O)N(C)c2ccccc2)c(Cl)c1Cl. The summed E-state index contributed by atoms with van der Waals surface area (Å²) < 4.78 is 0. The maximum atomic E-state index is 12.3. The van der Waals surface area contributed by atoms with Gasteiger partial charge in [-0.1, -0.05) is 41.4 Å². The molecule has 0 aliphatic rings. The van der Waals surface area contributed by atoms with Gasteiger partial charge in [0.2, 0.25) is 0 Å². The Balaban J connectivity index is 2.35. The van der Waals surface area contributed by atoms with E-state index in [-0.39, 0.29) is 5.91 Å². The van der Waals surface area contributed by atoms with E-state index in [0.717, 1.165) is 10.6 Å². The third-order valence-electron chi connectivity index (χ3n) is 2.60. The summed E-state index contributed by atoms with van der Waals surface area (Å²) in [5.41, 5.74) is 0.820. The lowest BCUT2D eigenvalue weighted by molar-refractivity contribution is 0.0997. The van der Waals surface area contributed by atoms with Gasteiger partial charge < -0.3 is 4.90 Å². The van der Waals surface area contributed by atoms with Crippen LogP contribution in [0.1, 0.15) is 14.5 Å². The number of halogens is 2. The third-order valence-corrected chi connectivity index (χ3v) is 4.86. The normalized spacial score (nSPS) is 10.4. The van der Waals surface area contributed by atoms with Gasteiger partial charge in [-0.25, -0.2) is 0 Å². The molecule has 0 spiro atoms. The molecule has 0 atom stereocenters. The summed E-state index contributed by atoms with van der Waals surface area (Å²) in [6, 6.07) is 9.41. The molecule has 1 aromatic carbocycles. The van der Waals surface area contributed by atoms with Crippen LogP contribution in [0.15, 0.2) is 30.3 Å². The van der Waals surface area contributed by atoms with E-state index in [1.54, 1.807) is 11.9 Å². The van der Waals surface area contributed by atoms with Crippen LogP contribution in [0.5, 0.6) is 0 Å². The average Bonchev–Trinajstić information content (AvgIpc) is 2.66. The molecule has 2 rings (SSSR count). The average molecular weight is 300 g/mol. The maximum Gasteiger partial charge on any atom is 0.269 e. The lowest BCUT2D eigenvalue weighted by Gasteiger charge is -2.16. The van der Waals surface area contributed by atoms with E-state index in [1.807, 2.05) is 37.3 Å². The molecule has 1 aromatic heterocycles. The van der Waals surface area contributed by atoms with Crippen LogP contribution >= 0.6 is 34.5 Å². The van der Waals surface area contributed by atoms with Crippen LogP contribution in [0.3, 0.4) is 0 Å². The number of anilines is 1. The van der Waals surface area contributed by atoms with Gasteiger partial charge in [-0.05, 0) is 19.1 Å². The van der Waals surface area contributed by atoms with E-state index in [2.05, 4.69) is 0 Å². The number of carbonyl (C=O) groups excluding carboxylic acids is 1. The van der Waals surface area contributed by atoms with Crippen molar-refractivity contribution in [2.75, 3.05) is 11.9 Å². The van der Waals surface area contributed by atoms with E-state index >= 15 is 0 Å². The number of rotatable bonds is 2. The summed E-state index contributed by atoms with van der Waals surface area (Å²) in [6.07, 6.45) is 0. The molecule has 2 aromatic rings. The number of aryl methyl sites for hydroxylation is 1. The molecule has 2 nitrogen and oxygen atoms in total. The first-order chi connectivity index (χ1) is 8.52. The largest absolute Gasteiger partial charge is 0.311 e. The molecule has 0 bridgehead atoms. The molecule has 0 fully saturated rings. The highest BCUT2D eigenvalue weighted by atomic mass is 35.5. The molecule has 1 amide bonds. The van der Waals surface area contributed by atoms with Crippen molar-refractivity contribution in [1.82, 2.24) is 0 Å². The van der Waals surface area contributed by atoms with Crippen LogP contribution in [0.25, 0.3) is 0 Å². The Labute approximate surface area is 120 Å². The van der Waals surface area contributed by atoms with Crippen molar-refractivity contribution in [3.63, 3.8) is 0 Å². The summed E-state index contributed by atoms with van der Waals surface area (Å²) in [4.78, 5) is 15.2. The van der Waals surface area contributed by atoms with Crippen LogP contribution in [-0.4, -0.2) is 13.0 Å². The number of thiophene rings is 1. The highest BCUT2D eigenvalue weighted by Crippen LogP contribution is 2.37. The van der Waals surface area contributed by atoms with E-state index in [9.17, 15) is 4.79 Å². The van der Waals surface area contributed by atoms with Crippen molar-refractivity contribution < 1.29 is 4.79 Å². The van der Waals surface area contributed by atoms with E-state index < -0.39 is 0 Å². The van der Waals surface area contributed by atoms with E-state index in [1.165, 1.54) is 11.3 Å². The molecule has 0 N–H and O–H groups in total. The summed E-state index contributed by atoms with van der Waals surface area (Å²) in [6.45, 7) is 1.85. The number of hydrogen-bond acceptors (Lipinski definition) is 2. The van der Waals surface area contributed by atoms with Gasteiger partial charge in [0.15, 0.2) is 0 Å². The van der Waals surface area contributed by atoms with Gasteiger partial charge in [-0.15, -0.1) is 11.3 Å². The molecular formula is C13H11Cl2NOS. The fraction of sp³-hybridized carbons (Fsp3) is 0.154. The minimum absolute atomic E-state index is 0.147. The topological polar surface area (TPSA) is 20.3 Å². The zero-order valence-corrected chi connectivity index (χ0v) is 12.2. The molecule has 0 unspecified atom stereocenters. The smallest absolute Gasteiger partial charge is 0.269 e. The Hall–Kier alpha value is -1.03. The Kier molecular flexibility index (Phi) is 3.95. The Morgan fingerprint density at radius 1 is 1.17 bits per heavy atom. The maximum absolute atomic E-state index is 12.3. The van der Waals surface area contributed by atoms with Crippen LogP contribution in [-0.2, 0) is 0 Å². The van der Waals surface area contributed by atoms with Crippen molar-refractivity contribution in [2.45, 2.75) is 6.92 Å². The van der Waals surface area contributed by atoms with Crippen molar-refractivity contribution in [2.24, 2.45) is 0 Å². The van der Waals surface area contributed by atoms with Crippen LogP contribution in [0.2, 0.25) is 10.0 Å². The summed E-state index contributed by atoms with van der Waals surface area (Å²) in [5, 5.41) is 0.804. The van der Waals surface area contributed by atoms with E-state index in [4.69, 9.17) is 23.2 Å². The molecule has 0 aliphatic heterocycles. The minimum Gasteiger partial charge on any atom is -0.311 e. The second-order valence-corrected chi connectivity index (χ2v) is 5.80. The van der Waals surface area contributed by atoms with Gasteiger partial charge in [-0.3, -0.25) is 4.79 Å². The lowest BCUT2D eigenvalue weighted by Crippen LogP contribution is -2.25. The predicted molar refractivity (Wildman–Crippen MR) is 78.3 cm³/mol. The van der Waals surface area contributed by atoms with E-state index in [0.29, 0.717) is 14.9 Å². The molecule has 18 heavy (non-hydrogen) atoms. The number of nitrogens with zero attached hydrogens (tertiary/aromatic N) is 1. The van der Waals surface area contributed by atoms with Gasteiger partial charge in [0.1, 0.15) is 4.88 Å². The van der Waals surface area contributed by atoms with Crippen molar-refractivity contribution in [3.05, 3.63) is 50.1 Å². The third kappa shape index (κ3) is 2.39. The number of hydrogen-bond donors (Lipinski definition) is 0. The van der Waals surface area contributed by atoms with Gasteiger partial charge in [0.25, 0.3) is 5.91 Å². The summed E-state index contributed by atoms with van der Waals surface area (Å²) in [7, 11) is 1.72. The monoisotopic (exact) mass is 299 g/mol. The second-order valence-electron chi connectivity index (χ2n) is 3.82. The van der Waals surface area contributed by atoms with Gasteiger partial charge in [0.05, 0.1) is 10.0 Å². The van der Waals surface area contributed by atoms with Crippen LogP contribution in [0.4, 0.5) is 5.69 Å². The fourth-order valence-corrected chi connectivity index (χ4v) is 3.13. The predicted octanol–water partition coefficient (Wildman–Crippen LogP) is 4.64. The lowest BCUT2D eigenvalue weighted by atomic mass is 10.3. The zero-order valence-electron chi connectivity index (χ0n) is 9.91. The summed E-state index contributed by atoms with van der Waals surface area (Å²) in [5.74, 6) is -0.147. The molecule has 94 valence electrons. The zero-order chi connectivity index (χ0) is 13.3. The van der Waals surface area contributed by atoms with Crippen LogP contribution < -0.4 is 4.90 Å². The standard InChI is InChI=1S/C13H11Cl2NOS/c1-8-10(14)11(15)12(18-8)13(17)16(2)9-6-4-3-5-7-9/h3-7H,1-2H3. The van der Waals surface area contributed by atoms with Gasteiger partial charge in [0, 0.05) is 17.6 Å². The Morgan fingerprint density at radius 2 is 1.78 bits per heavy atom. The molecule has 1 heterocycles. The summed E-state index contributed by atoms with van der Waals surface area (Å²) >= 11 is 13.4. The van der Waals surface area contributed by atoms with Gasteiger partial charge in [-0.2, -0.15) is 0 Å². The fourth-order valence-electron chi connectivity index (χ4n) is 1.56. The molecule has 0 radical (unpaired) electrons. The van der Waals surface area contributed by atoms with Crippen molar-refractivity contribution in [3.8, 4) is 0 Å². The molecule has 0 saturated heterocycles. The molecular weight excluding hydrogens is 289 g/mol.